The van der Waals surface area contributed by atoms with E-state index in [0.717, 1.165) is 34.6 Å². The zero-order valence-corrected chi connectivity index (χ0v) is 15.7. The van der Waals surface area contributed by atoms with Crippen LogP contribution in [0.15, 0.2) is 39.5 Å². The lowest BCUT2D eigenvalue weighted by Gasteiger charge is -2.34. The van der Waals surface area contributed by atoms with Crippen molar-refractivity contribution in [2.45, 2.75) is 46.2 Å². The van der Waals surface area contributed by atoms with Gasteiger partial charge in [0.05, 0.1) is 11.4 Å². The van der Waals surface area contributed by atoms with Crippen molar-refractivity contribution in [2.24, 2.45) is 5.41 Å². The van der Waals surface area contributed by atoms with Gasteiger partial charge in [0, 0.05) is 12.0 Å². The molecule has 1 aliphatic carbocycles. The molecule has 27 heavy (non-hydrogen) atoms. The molecule has 0 saturated heterocycles. The number of hydrogen-bond donors (Lipinski definition) is 1. The number of carbonyl (C=O) groups excluding carboxylic acids is 1. The second-order valence-electron chi connectivity index (χ2n) is 7.97. The summed E-state index contributed by atoms with van der Waals surface area (Å²) in [5.74, 6) is 1.50. The van der Waals surface area contributed by atoms with Crippen LogP contribution in [0.4, 0.5) is 0 Å². The summed E-state index contributed by atoms with van der Waals surface area (Å²) in [5, 5.41) is 11.4. The molecule has 1 aliphatic rings. The number of nitrogens with one attached hydrogen (secondary N) is 1. The molecule has 0 fully saturated rings. The molecule has 1 aromatic carbocycles. The van der Waals surface area contributed by atoms with Crippen LogP contribution < -0.4 is 10.9 Å². The lowest BCUT2D eigenvalue weighted by Crippen LogP contribution is -2.39. The Hall–Kier alpha value is -2.96. The van der Waals surface area contributed by atoms with E-state index < -0.39 is 0 Å². The lowest BCUT2D eigenvalue weighted by atomic mass is 9.74. The van der Waals surface area contributed by atoms with E-state index in [1.807, 2.05) is 13.0 Å². The molecule has 1 N–H and O–H groups in total. The van der Waals surface area contributed by atoms with E-state index in [1.165, 1.54) is 0 Å². The van der Waals surface area contributed by atoms with Crippen LogP contribution in [0.2, 0.25) is 0 Å². The molecule has 4 rings (SSSR count). The molecule has 0 radical (unpaired) electrons. The van der Waals surface area contributed by atoms with Crippen molar-refractivity contribution < 1.29 is 9.21 Å². The van der Waals surface area contributed by atoms with Crippen molar-refractivity contribution in [1.29, 1.82) is 0 Å². The molecule has 0 aliphatic heterocycles. The van der Waals surface area contributed by atoms with Crippen molar-refractivity contribution in [3.63, 3.8) is 0 Å². The molecule has 0 bridgehead atoms. The highest BCUT2D eigenvalue weighted by Crippen LogP contribution is 2.41. The first-order valence-electron chi connectivity index (χ1n) is 9.03. The number of furan rings is 1. The molecule has 3 aromatic rings. The number of carbonyl (C=O) groups is 1. The Morgan fingerprint density at radius 2 is 2.15 bits per heavy atom. The van der Waals surface area contributed by atoms with E-state index in [9.17, 15) is 9.59 Å². The number of rotatable bonds is 3. The fraction of sp³-hybridized carbons (Fsp3) is 0.400. The Bertz CT molecular complexity index is 1080. The first-order chi connectivity index (χ1) is 12.8. The molecular formula is C20H22N4O3. The van der Waals surface area contributed by atoms with Gasteiger partial charge in [-0.2, -0.15) is 0 Å². The van der Waals surface area contributed by atoms with Gasteiger partial charge < -0.3 is 9.73 Å². The number of benzene rings is 1. The van der Waals surface area contributed by atoms with Crippen LogP contribution in [-0.2, 0) is 17.8 Å². The number of fused-ring (bicyclic) bond motifs is 2. The van der Waals surface area contributed by atoms with Gasteiger partial charge in [-0.1, -0.05) is 31.2 Å². The van der Waals surface area contributed by atoms with Gasteiger partial charge in [0.1, 0.15) is 23.6 Å². The van der Waals surface area contributed by atoms with E-state index in [4.69, 9.17) is 4.42 Å². The summed E-state index contributed by atoms with van der Waals surface area (Å²) in [5.41, 5.74) is 1.25. The zero-order chi connectivity index (χ0) is 19.2. The first-order valence-corrected chi connectivity index (χ1v) is 9.03. The standard InChI is InChI=1S/C20H22N4O3/c1-12-8-14-16(9-20(2,3)10-17(14)27-12)21-18(25)11-24-19(26)13-6-4-5-7-15(13)22-23-24/h4-8,16H,9-11H2,1-3H3,(H,21,25). The predicted molar refractivity (Wildman–Crippen MR) is 100 cm³/mol. The SMILES string of the molecule is Cc1cc2c(o1)CC(C)(C)CC2NC(=O)Cn1nnc2ccccc2c1=O. The van der Waals surface area contributed by atoms with Gasteiger partial charge in [-0.3, -0.25) is 9.59 Å². The second-order valence-corrected chi connectivity index (χ2v) is 7.97. The molecule has 7 heteroatoms. The summed E-state index contributed by atoms with van der Waals surface area (Å²) >= 11 is 0. The van der Waals surface area contributed by atoms with E-state index in [2.05, 4.69) is 29.5 Å². The van der Waals surface area contributed by atoms with Crippen LogP contribution in [0, 0.1) is 12.3 Å². The van der Waals surface area contributed by atoms with Crippen LogP contribution in [-0.4, -0.2) is 20.9 Å². The number of aromatic nitrogens is 3. The highest BCUT2D eigenvalue weighted by Gasteiger charge is 2.35. The summed E-state index contributed by atoms with van der Waals surface area (Å²) in [4.78, 5) is 25.2. The van der Waals surface area contributed by atoms with Gasteiger partial charge in [0.2, 0.25) is 5.91 Å². The van der Waals surface area contributed by atoms with Gasteiger partial charge in [0.25, 0.3) is 5.56 Å². The molecule has 7 nitrogen and oxygen atoms in total. The maximum absolute atomic E-state index is 12.6. The molecule has 2 heterocycles. The van der Waals surface area contributed by atoms with Crippen molar-refractivity contribution in [3.8, 4) is 0 Å². The highest BCUT2D eigenvalue weighted by molar-refractivity contribution is 5.78. The van der Waals surface area contributed by atoms with E-state index >= 15 is 0 Å². The van der Waals surface area contributed by atoms with Gasteiger partial charge in [-0.25, -0.2) is 4.68 Å². The number of amides is 1. The van der Waals surface area contributed by atoms with Crippen LogP contribution in [0.3, 0.4) is 0 Å². The number of nitrogens with zero attached hydrogens (tertiary/aromatic N) is 3. The Labute approximate surface area is 156 Å². The lowest BCUT2D eigenvalue weighted by molar-refractivity contribution is -0.123. The molecule has 2 aromatic heterocycles. The summed E-state index contributed by atoms with van der Waals surface area (Å²) in [6.45, 7) is 6.06. The van der Waals surface area contributed by atoms with Gasteiger partial charge in [0.15, 0.2) is 0 Å². The average Bonchev–Trinajstić information content (AvgIpc) is 2.96. The van der Waals surface area contributed by atoms with Gasteiger partial charge in [-0.15, -0.1) is 5.10 Å². The van der Waals surface area contributed by atoms with Crippen LogP contribution >= 0.6 is 0 Å². The Kier molecular flexibility index (Phi) is 4.09. The normalized spacial score (nSPS) is 18.3. The monoisotopic (exact) mass is 366 g/mol. The minimum atomic E-state index is -0.320. The van der Waals surface area contributed by atoms with Crippen molar-refractivity contribution >= 4 is 16.8 Å². The molecule has 0 saturated carbocycles. The van der Waals surface area contributed by atoms with E-state index in [-0.39, 0.29) is 29.5 Å². The zero-order valence-electron chi connectivity index (χ0n) is 15.7. The molecule has 140 valence electrons. The number of aryl methyl sites for hydroxylation is 1. The summed E-state index contributed by atoms with van der Waals surface area (Å²) in [7, 11) is 0. The van der Waals surface area contributed by atoms with Crippen molar-refractivity contribution in [2.75, 3.05) is 0 Å². The van der Waals surface area contributed by atoms with Crippen LogP contribution in [0.5, 0.6) is 0 Å². The van der Waals surface area contributed by atoms with Crippen LogP contribution in [0.1, 0.15) is 43.4 Å². The second kappa shape index (κ2) is 6.33. The maximum atomic E-state index is 12.6. The fourth-order valence-corrected chi connectivity index (χ4v) is 3.82. The third kappa shape index (κ3) is 3.37. The summed E-state index contributed by atoms with van der Waals surface area (Å²) in [6, 6.07) is 8.81. The van der Waals surface area contributed by atoms with E-state index in [0.29, 0.717) is 10.9 Å². The predicted octanol–water partition coefficient (Wildman–Crippen LogP) is 2.52. The number of hydrogen-bond acceptors (Lipinski definition) is 5. The Morgan fingerprint density at radius 3 is 2.96 bits per heavy atom. The van der Waals surface area contributed by atoms with Gasteiger partial charge in [-0.05, 0) is 37.0 Å². The fourth-order valence-electron chi connectivity index (χ4n) is 3.82. The molecule has 0 spiro atoms. The minimum absolute atomic E-state index is 0.0227. The molecular weight excluding hydrogens is 344 g/mol. The Morgan fingerprint density at radius 1 is 1.37 bits per heavy atom. The average molecular weight is 366 g/mol. The van der Waals surface area contributed by atoms with Crippen molar-refractivity contribution in [3.05, 3.63) is 57.8 Å². The third-order valence-corrected chi connectivity index (χ3v) is 4.99. The summed E-state index contributed by atoms with van der Waals surface area (Å²) < 4.78 is 6.91. The molecule has 1 atom stereocenters. The van der Waals surface area contributed by atoms with E-state index in [1.54, 1.807) is 24.3 Å². The molecule has 1 amide bonds. The quantitative estimate of drug-likeness (QED) is 0.769. The highest BCUT2D eigenvalue weighted by atomic mass is 16.3. The third-order valence-electron chi connectivity index (χ3n) is 4.99. The van der Waals surface area contributed by atoms with Crippen LogP contribution in [0.25, 0.3) is 10.9 Å². The van der Waals surface area contributed by atoms with Crippen molar-refractivity contribution in [1.82, 2.24) is 20.3 Å². The largest absolute Gasteiger partial charge is 0.466 e. The Balaban J connectivity index is 1.56. The first kappa shape index (κ1) is 17.5. The summed E-state index contributed by atoms with van der Waals surface area (Å²) in [6.07, 6.45) is 1.65. The van der Waals surface area contributed by atoms with Gasteiger partial charge >= 0.3 is 0 Å². The topological polar surface area (TPSA) is 90.0 Å². The molecule has 1 unspecified atom stereocenters. The minimum Gasteiger partial charge on any atom is -0.466 e. The maximum Gasteiger partial charge on any atom is 0.278 e. The smallest absolute Gasteiger partial charge is 0.278 e.